The highest BCUT2D eigenvalue weighted by Crippen LogP contribution is 2.32. The normalized spacial score (nSPS) is 17.7. The number of aromatic nitrogens is 1. The Morgan fingerprint density at radius 3 is 2.62 bits per heavy atom. The largest absolute Gasteiger partial charge is 0.348 e. The van der Waals surface area contributed by atoms with Gasteiger partial charge in [0.2, 0.25) is 0 Å². The minimum atomic E-state index is -0.0197. The Hall–Kier alpha value is -2.23. The van der Waals surface area contributed by atoms with E-state index in [-0.39, 0.29) is 18.1 Å². The van der Waals surface area contributed by atoms with Crippen molar-refractivity contribution in [3.63, 3.8) is 0 Å². The van der Waals surface area contributed by atoms with Crippen molar-refractivity contribution in [2.45, 2.75) is 32.5 Å². The Labute approximate surface area is 125 Å². The van der Waals surface area contributed by atoms with Gasteiger partial charge in [0.05, 0.1) is 6.04 Å². The maximum absolute atomic E-state index is 12.5. The van der Waals surface area contributed by atoms with Crippen LogP contribution in [0.25, 0.3) is 0 Å². The van der Waals surface area contributed by atoms with Crippen molar-refractivity contribution in [1.82, 2.24) is 14.8 Å². The van der Waals surface area contributed by atoms with Gasteiger partial charge < -0.3 is 14.8 Å². The van der Waals surface area contributed by atoms with E-state index in [1.165, 1.54) is 5.69 Å². The van der Waals surface area contributed by atoms with E-state index >= 15 is 0 Å². The van der Waals surface area contributed by atoms with Crippen molar-refractivity contribution in [2.75, 3.05) is 6.54 Å². The summed E-state index contributed by atoms with van der Waals surface area (Å²) in [4.78, 5) is 14.5. The zero-order valence-electron chi connectivity index (χ0n) is 12.5. The number of rotatable bonds is 2. The van der Waals surface area contributed by atoms with Gasteiger partial charge in [-0.15, -0.1) is 0 Å². The van der Waals surface area contributed by atoms with Gasteiger partial charge in [-0.05, 0) is 31.5 Å². The Morgan fingerprint density at radius 1 is 1.14 bits per heavy atom. The summed E-state index contributed by atoms with van der Waals surface area (Å²) in [6.07, 6.45) is 2.09. The molecule has 4 heteroatoms. The second-order valence-corrected chi connectivity index (χ2v) is 5.74. The number of urea groups is 1. The van der Waals surface area contributed by atoms with E-state index in [4.69, 9.17) is 0 Å². The zero-order valence-corrected chi connectivity index (χ0v) is 12.5. The lowest BCUT2D eigenvalue weighted by atomic mass is 10.0. The molecule has 3 rings (SSSR count). The van der Waals surface area contributed by atoms with Gasteiger partial charge in [0.25, 0.3) is 0 Å². The van der Waals surface area contributed by atoms with Crippen LogP contribution in [0.15, 0.2) is 48.7 Å². The summed E-state index contributed by atoms with van der Waals surface area (Å²) in [6, 6.07) is 14.5. The molecule has 21 heavy (non-hydrogen) atoms. The van der Waals surface area contributed by atoms with Crippen LogP contribution in [0.4, 0.5) is 4.79 Å². The van der Waals surface area contributed by atoms with E-state index in [1.54, 1.807) is 0 Å². The lowest BCUT2D eigenvalue weighted by molar-refractivity contribution is 0.166. The Balaban J connectivity index is 1.98. The van der Waals surface area contributed by atoms with E-state index < -0.39 is 0 Å². The third-order valence-electron chi connectivity index (χ3n) is 3.83. The molecule has 1 atom stereocenters. The van der Waals surface area contributed by atoms with Gasteiger partial charge >= 0.3 is 6.03 Å². The number of nitrogens with zero attached hydrogens (tertiary/aromatic N) is 2. The predicted molar refractivity (Wildman–Crippen MR) is 83.1 cm³/mol. The first-order valence-electron chi connectivity index (χ1n) is 7.44. The molecule has 2 aromatic rings. The molecule has 0 saturated heterocycles. The van der Waals surface area contributed by atoms with E-state index in [0.717, 1.165) is 18.7 Å². The molecular weight excluding hydrogens is 262 g/mol. The van der Waals surface area contributed by atoms with Gasteiger partial charge in [-0.3, -0.25) is 0 Å². The second-order valence-electron chi connectivity index (χ2n) is 5.74. The van der Waals surface area contributed by atoms with Crippen molar-refractivity contribution in [3.8, 4) is 0 Å². The van der Waals surface area contributed by atoms with E-state index in [1.807, 2.05) is 36.9 Å². The fraction of sp³-hybridized carbons (Fsp3) is 0.353. The molecule has 2 heterocycles. The topological polar surface area (TPSA) is 37.3 Å². The van der Waals surface area contributed by atoms with Gasteiger partial charge in [-0.2, -0.15) is 0 Å². The molecule has 0 radical (unpaired) electrons. The van der Waals surface area contributed by atoms with Crippen LogP contribution in [0.1, 0.15) is 31.1 Å². The molecule has 1 aromatic heterocycles. The summed E-state index contributed by atoms with van der Waals surface area (Å²) in [5, 5.41) is 3.01. The van der Waals surface area contributed by atoms with Gasteiger partial charge in [0, 0.05) is 31.0 Å². The first-order chi connectivity index (χ1) is 10.2. The van der Waals surface area contributed by atoms with Crippen LogP contribution in [0.2, 0.25) is 0 Å². The first kappa shape index (κ1) is 13.7. The van der Waals surface area contributed by atoms with E-state index in [0.29, 0.717) is 0 Å². The molecule has 0 saturated carbocycles. The number of carbonyl (C=O) groups excluding carboxylic acids is 1. The highest BCUT2D eigenvalue weighted by Gasteiger charge is 2.32. The fourth-order valence-electron chi connectivity index (χ4n) is 2.92. The number of hydrogen-bond acceptors (Lipinski definition) is 1. The molecule has 1 N–H and O–H groups in total. The third-order valence-corrected chi connectivity index (χ3v) is 3.83. The summed E-state index contributed by atoms with van der Waals surface area (Å²) < 4.78 is 2.23. The summed E-state index contributed by atoms with van der Waals surface area (Å²) in [5.41, 5.74) is 2.32. The van der Waals surface area contributed by atoms with E-state index in [2.05, 4.69) is 40.3 Å². The molecule has 110 valence electrons. The van der Waals surface area contributed by atoms with Crippen molar-refractivity contribution in [3.05, 3.63) is 59.9 Å². The minimum Gasteiger partial charge on any atom is -0.348 e. The molecule has 4 nitrogen and oxygen atoms in total. The standard InChI is InChI=1S/C17H21N3O/c1-13(2)18-17(21)20-12-11-19-10-6-9-15(19)16(20)14-7-4-3-5-8-14/h3-10,13,16H,11-12H2,1-2H3,(H,18,21)/t16-/m0/s1. The summed E-state index contributed by atoms with van der Waals surface area (Å²) in [7, 11) is 0. The molecule has 0 spiro atoms. The molecular formula is C17H21N3O. The Bertz CT molecular complexity index is 618. The van der Waals surface area contributed by atoms with Crippen LogP contribution >= 0.6 is 0 Å². The van der Waals surface area contributed by atoms with Crippen molar-refractivity contribution >= 4 is 6.03 Å². The maximum atomic E-state index is 12.5. The molecule has 0 bridgehead atoms. The molecule has 0 aliphatic carbocycles. The second kappa shape index (κ2) is 5.64. The highest BCUT2D eigenvalue weighted by atomic mass is 16.2. The van der Waals surface area contributed by atoms with Crippen LogP contribution in [-0.2, 0) is 6.54 Å². The quantitative estimate of drug-likeness (QED) is 0.904. The smallest absolute Gasteiger partial charge is 0.318 e. The van der Waals surface area contributed by atoms with Crippen molar-refractivity contribution in [1.29, 1.82) is 0 Å². The average molecular weight is 283 g/mol. The summed E-state index contributed by atoms with van der Waals surface area (Å²) >= 11 is 0. The number of fused-ring (bicyclic) bond motifs is 1. The van der Waals surface area contributed by atoms with Crippen molar-refractivity contribution < 1.29 is 4.79 Å². The fourth-order valence-corrected chi connectivity index (χ4v) is 2.92. The van der Waals surface area contributed by atoms with Crippen LogP contribution in [0.3, 0.4) is 0 Å². The summed E-state index contributed by atoms with van der Waals surface area (Å²) in [5.74, 6) is 0. The van der Waals surface area contributed by atoms with E-state index in [9.17, 15) is 4.79 Å². The van der Waals surface area contributed by atoms with Gasteiger partial charge in [-0.25, -0.2) is 4.79 Å². The van der Waals surface area contributed by atoms with Crippen LogP contribution in [0.5, 0.6) is 0 Å². The monoisotopic (exact) mass is 283 g/mol. The van der Waals surface area contributed by atoms with Gasteiger partial charge in [0.15, 0.2) is 0 Å². The van der Waals surface area contributed by atoms with Gasteiger partial charge in [0.1, 0.15) is 0 Å². The maximum Gasteiger partial charge on any atom is 0.318 e. The predicted octanol–water partition coefficient (Wildman–Crippen LogP) is 3.01. The SMILES string of the molecule is CC(C)NC(=O)N1CCn2cccc2[C@@H]1c1ccccc1. The van der Waals surface area contributed by atoms with Crippen LogP contribution in [-0.4, -0.2) is 28.1 Å². The number of benzene rings is 1. The molecule has 0 unspecified atom stereocenters. The molecule has 2 amide bonds. The van der Waals surface area contributed by atoms with Gasteiger partial charge in [-0.1, -0.05) is 30.3 Å². The van der Waals surface area contributed by atoms with Crippen LogP contribution in [0, 0.1) is 0 Å². The Morgan fingerprint density at radius 2 is 1.90 bits per heavy atom. The number of carbonyl (C=O) groups is 1. The highest BCUT2D eigenvalue weighted by molar-refractivity contribution is 5.75. The number of hydrogen-bond donors (Lipinski definition) is 1. The minimum absolute atomic E-state index is 0.00584. The lowest BCUT2D eigenvalue weighted by Crippen LogP contribution is -2.48. The molecule has 1 aliphatic heterocycles. The zero-order chi connectivity index (χ0) is 14.8. The first-order valence-corrected chi connectivity index (χ1v) is 7.44. The van der Waals surface area contributed by atoms with Crippen molar-refractivity contribution in [2.24, 2.45) is 0 Å². The number of amides is 2. The molecule has 0 fully saturated rings. The molecule has 1 aromatic carbocycles. The number of nitrogens with one attached hydrogen (secondary N) is 1. The lowest BCUT2D eigenvalue weighted by Gasteiger charge is -2.37. The molecule has 1 aliphatic rings. The van der Waals surface area contributed by atoms with Crippen LogP contribution < -0.4 is 5.32 Å². The average Bonchev–Trinajstić information content (AvgIpc) is 2.94. The summed E-state index contributed by atoms with van der Waals surface area (Å²) in [6.45, 7) is 5.54. The third kappa shape index (κ3) is 2.66. The Kier molecular flexibility index (Phi) is 3.69.